The van der Waals surface area contributed by atoms with Gasteiger partial charge in [0.05, 0.1) is 13.0 Å². The molecule has 41 heavy (non-hydrogen) atoms. The van der Waals surface area contributed by atoms with Crippen molar-refractivity contribution in [2.24, 2.45) is 0 Å². The Morgan fingerprint density at radius 2 is 1.17 bits per heavy atom. The third-order valence-corrected chi connectivity index (χ3v) is 5.64. The van der Waals surface area contributed by atoms with Gasteiger partial charge in [0, 0.05) is 38.9 Å². The van der Waals surface area contributed by atoms with E-state index in [1.165, 1.54) is 6.92 Å². The first kappa shape index (κ1) is 33.1. The second-order valence-corrected chi connectivity index (χ2v) is 8.87. The number of carbonyl (C=O) groups is 2. The molecule has 6 heteroatoms. The number of rotatable bonds is 8. The van der Waals surface area contributed by atoms with Crippen LogP contribution in [0.2, 0.25) is 0 Å². The van der Waals surface area contributed by atoms with E-state index in [-0.39, 0.29) is 44.7 Å². The average molecular weight is 721 g/mol. The maximum atomic E-state index is 11.3. The summed E-state index contributed by atoms with van der Waals surface area (Å²) in [5, 5.41) is 8.85. The fourth-order valence-electron chi connectivity index (χ4n) is 3.61. The zero-order valence-corrected chi connectivity index (χ0v) is 25.3. The van der Waals surface area contributed by atoms with Gasteiger partial charge in [-0.25, -0.2) is 0 Å². The summed E-state index contributed by atoms with van der Waals surface area (Å²) < 4.78 is 0. The monoisotopic (exact) mass is 721 g/mol. The maximum absolute atomic E-state index is 11.3. The van der Waals surface area contributed by atoms with Crippen molar-refractivity contribution in [1.82, 2.24) is 9.97 Å². The summed E-state index contributed by atoms with van der Waals surface area (Å²) in [5.74, 6) is -0.0978. The van der Waals surface area contributed by atoms with Crippen LogP contribution in [0.15, 0.2) is 122 Å². The largest absolute Gasteiger partial charge is 0.392 e. The Balaban J connectivity index is 0.000000215. The topological polar surface area (TPSA) is 80.2 Å². The molecule has 0 bridgehead atoms. The summed E-state index contributed by atoms with van der Waals surface area (Å²) in [7, 11) is 0. The van der Waals surface area contributed by atoms with Crippen molar-refractivity contribution in [1.29, 1.82) is 0 Å². The second kappa shape index (κ2) is 19.1. The minimum Gasteiger partial charge on any atom is -0.392 e. The van der Waals surface area contributed by atoms with Gasteiger partial charge in [-0.1, -0.05) is 48.5 Å². The maximum Gasteiger partial charge on any atom is 0.140 e. The van der Waals surface area contributed by atoms with E-state index in [1.807, 2.05) is 109 Å². The molecular formula is C35H32IrN2O3-2. The van der Waals surface area contributed by atoms with Gasteiger partial charge in [-0.3, -0.25) is 9.59 Å². The molecule has 2 heterocycles. The van der Waals surface area contributed by atoms with Gasteiger partial charge in [-0.2, -0.15) is 0 Å². The Labute approximate surface area is 255 Å². The van der Waals surface area contributed by atoms with Crippen molar-refractivity contribution in [3.63, 3.8) is 0 Å². The molecule has 5 nitrogen and oxygen atoms in total. The summed E-state index contributed by atoms with van der Waals surface area (Å²) in [6.45, 7) is 1.46. The summed E-state index contributed by atoms with van der Waals surface area (Å²) >= 11 is 0. The van der Waals surface area contributed by atoms with E-state index in [1.54, 1.807) is 12.4 Å². The van der Waals surface area contributed by atoms with Gasteiger partial charge in [-0.15, -0.1) is 71.8 Å². The molecule has 0 aliphatic carbocycles. The molecule has 0 spiro atoms. The Morgan fingerprint density at radius 3 is 1.56 bits per heavy atom. The van der Waals surface area contributed by atoms with Gasteiger partial charge in [0.25, 0.3) is 0 Å². The van der Waals surface area contributed by atoms with E-state index in [9.17, 15) is 9.59 Å². The van der Waals surface area contributed by atoms with Crippen LogP contribution in [-0.2, 0) is 42.7 Å². The standard InChI is InChI=1S/C13H16O3.2C11H8N.Ir/c1-10(15)8-13(16)7-6-11-2-4-12(9-14)5-3-11;2*1-2-6-10(7-3-1)11-8-4-5-9-12-11;/h2-5,14H,6-9H2,1H3;2*1-6,8-9H;/q;2*-1;. The van der Waals surface area contributed by atoms with Crippen LogP contribution in [0, 0.1) is 12.1 Å². The first-order valence-electron chi connectivity index (χ1n) is 13.0. The number of hydrogen-bond donors (Lipinski definition) is 1. The molecule has 0 saturated carbocycles. The molecule has 0 saturated heterocycles. The van der Waals surface area contributed by atoms with E-state index in [2.05, 4.69) is 22.1 Å². The molecule has 3 aromatic carbocycles. The van der Waals surface area contributed by atoms with Crippen LogP contribution in [0.25, 0.3) is 22.5 Å². The number of pyridine rings is 2. The molecule has 1 N–H and O–H groups in total. The number of benzene rings is 3. The van der Waals surface area contributed by atoms with E-state index in [0.717, 1.165) is 33.6 Å². The number of nitrogens with zero attached hydrogens (tertiary/aromatic N) is 2. The van der Waals surface area contributed by atoms with E-state index >= 15 is 0 Å². The SMILES string of the molecule is CC(=O)CC(=O)CCc1ccc(CO)cc1.[Ir].[c-]1ccccc1-c1ccccn1.[c-]1ccccc1-c1ccccn1. The average Bonchev–Trinajstić information content (AvgIpc) is 3.02. The first-order valence-corrected chi connectivity index (χ1v) is 13.0. The van der Waals surface area contributed by atoms with E-state index < -0.39 is 0 Å². The van der Waals surface area contributed by atoms with Gasteiger partial charge in [0.15, 0.2) is 0 Å². The minimum atomic E-state index is -0.0828. The van der Waals surface area contributed by atoms with Gasteiger partial charge >= 0.3 is 0 Å². The molecule has 0 atom stereocenters. The summed E-state index contributed by atoms with van der Waals surface area (Å²) in [6, 6.07) is 41.1. The fraction of sp³-hybridized carbons (Fsp3) is 0.143. The summed E-state index contributed by atoms with van der Waals surface area (Å²) in [6.07, 6.45) is 4.66. The van der Waals surface area contributed by atoms with Crippen molar-refractivity contribution in [3.8, 4) is 22.5 Å². The number of ketones is 2. The Morgan fingerprint density at radius 1 is 0.683 bits per heavy atom. The molecular weight excluding hydrogens is 689 g/mol. The van der Waals surface area contributed by atoms with Gasteiger partial charge in [0.2, 0.25) is 0 Å². The number of carbonyl (C=O) groups excluding carboxylic acids is 2. The predicted octanol–water partition coefficient (Wildman–Crippen LogP) is 6.75. The van der Waals surface area contributed by atoms with Crippen LogP contribution in [0.5, 0.6) is 0 Å². The smallest absolute Gasteiger partial charge is 0.140 e. The molecule has 2 aromatic heterocycles. The van der Waals surface area contributed by atoms with Crippen molar-refractivity contribution in [2.45, 2.75) is 32.8 Å². The molecule has 0 fully saturated rings. The second-order valence-electron chi connectivity index (χ2n) is 8.87. The Hall–Kier alpha value is -4.09. The fourth-order valence-corrected chi connectivity index (χ4v) is 3.61. The number of aliphatic hydroxyl groups excluding tert-OH is 1. The molecule has 0 unspecified atom stereocenters. The zero-order chi connectivity index (χ0) is 28.4. The molecule has 1 radical (unpaired) electrons. The van der Waals surface area contributed by atoms with Gasteiger partial charge < -0.3 is 15.1 Å². The molecule has 0 aliphatic heterocycles. The van der Waals surface area contributed by atoms with Crippen LogP contribution < -0.4 is 0 Å². The van der Waals surface area contributed by atoms with Gasteiger partial charge in [-0.05, 0) is 48.0 Å². The van der Waals surface area contributed by atoms with E-state index in [4.69, 9.17) is 5.11 Å². The van der Waals surface area contributed by atoms with Crippen molar-refractivity contribution >= 4 is 11.6 Å². The normalized spacial score (nSPS) is 9.61. The molecule has 5 aromatic rings. The number of hydrogen-bond acceptors (Lipinski definition) is 5. The Kier molecular flexibility index (Phi) is 15.4. The van der Waals surface area contributed by atoms with Crippen LogP contribution in [0.3, 0.4) is 0 Å². The number of aromatic nitrogens is 2. The quantitative estimate of drug-likeness (QED) is 0.142. The number of aliphatic hydroxyl groups is 1. The third-order valence-electron chi connectivity index (χ3n) is 5.64. The molecule has 211 valence electrons. The zero-order valence-electron chi connectivity index (χ0n) is 22.9. The van der Waals surface area contributed by atoms with Crippen LogP contribution in [-0.4, -0.2) is 26.6 Å². The third kappa shape index (κ3) is 12.7. The Bertz CT molecular complexity index is 1260. The van der Waals surface area contributed by atoms with Crippen molar-refractivity contribution in [3.05, 3.63) is 145 Å². The predicted molar refractivity (Wildman–Crippen MR) is 158 cm³/mol. The van der Waals surface area contributed by atoms with Crippen molar-refractivity contribution in [2.75, 3.05) is 0 Å². The molecule has 0 aliphatic rings. The van der Waals surface area contributed by atoms with Crippen molar-refractivity contribution < 1.29 is 34.8 Å². The first-order chi connectivity index (χ1) is 19.5. The van der Waals surface area contributed by atoms with Crippen LogP contribution in [0.1, 0.15) is 30.9 Å². The van der Waals surface area contributed by atoms with Crippen LogP contribution >= 0.6 is 0 Å². The number of Topliss-reactive ketones (excluding diaryl/α,β-unsaturated/α-hetero) is 2. The van der Waals surface area contributed by atoms with Crippen LogP contribution in [0.4, 0.5) is 0 Å². The molecule has 5 rings (SSSR count). The molecule has 0 amide bonds. The number of aryl methyl sites for hydroxylation is 1. The minimum absolute atomic E-state index is 0. The van der Waals surface area contributed by atoms with Gasteiger partial charge in [0.1, 0.15) is 11.6 Å². The summed E-state index contributed by atoms with van der Waals surface area (Å²) in [5.41, 5.74) is 5.93. The van der Waals surface area contributed by atoms with E-state index in [0.29, 0.717) is 12.8 Å². The summed E-state index contributed by atoms with van der Waals surface area (Å²) in [4.78, 5) is 30.4.